The van der Waals surface area contributed by atoms with Gasteiger partial charge in [-0.3, -0.25) is 14.4 Å². The molecule has 0 saturated carbocycles. The molecule has 174 valence electrons. The summed E-state index contributed by atoms with van der Waals surface area (Å²) in [4.78, 5) is 40.0. The molecule has 1 heterocycles. The molecule has 3 aromatic rings. The van der Waals surface area contributed by atoms with E-state index in [0.29, 0.717) is 29.2 Å². The fourth-order valence-electron chi connectivity index (χ4n) is 3.92. The Morgan fingerprint density at radius 2 is 1.79 bits per heavy atom. The summed E-state index contributed by atoms with van der Waals surface area (Å²) in [6.07, 6.45) is 0.102. The maximum Gasteiger partial charge on any atom is 0.253 e. The van der Waals surface area contributed by atoms with Crippen LogP contribution in [0.5, 0.6) is 5.75 Å². The molecule has 1 aliphatic rings. The molecule has 0 aliphatic carbocycles. The smallest absolute Gasteiger partial charge is 0.253 e. The number of carbonyl (C=O) groups is 3. The second-order valence-electron chi connectivity index (χ2n) is 8.31. The maximum absolute atomic E-state index is 13.0. The Balaban J connectivity index is 1.42. The lowest BCUT2D eigenvalue weighted by atomic mass is 10.1. The van der Waals surface area contributed by atoms with Gasteiger partial charge in [0.2, 0.25) is 11.8 Å². The van der Waals surface area contributed by atoms with Gasteiger partial charge < -0.3 is 20.3 Å². The first-order valence-electron chi connectivity index (χ1n) is 11.1. The highest BCUT2D eigenvalue weighted by Gasteiger charge is 2.35. The summed E-state index contributed by atoms with van der Waals surface area (Å²) in [7, 11) is 1.57. The number of nitrogens with one attached hydrogen (secondary N) is 2. The molecule has 1 aliphatic heterocycles. The number of hydrogen-bond acceptors (Lipinski definition) is 4. The van der Waals surface area contributed by atoms with Crippen LogP contribution in [0, 0.1) is 12.8 Å². The number of benzene rings is 3. The first-order chi connectivity index (χ1) is 16.4. The summed E-state index contributed by atoms with van der Waals surface area (Å²) >= 11 is 0. The van der Waals surface area contributed by atoms with Crippen LogP contribution in [0.15, 0.2) is 72.8 Å². The van der Waals surface area contributed by atoms with E-state index in [9.17, 15) is 14.4 Å². The summed E-state index contributed by atoms with van der Waals surface area (Å²) in [5.74, 6) is -0.585. The monoisotopic (exact) mass is 457 g/mol. The van der Waals surface area contributed by atoms with Crippen molar-refractivity contribution in [2.45, 2.75) is 19.9 Å². The third-order valence-corrected chi connectivity index (χ3v) is 5.86. The van der Waals surface area contributed by atoms with E-state index in [1.807, 2.05) is 37.3 Å². The second kappa shape index (κ2) is 10.2. The summed E-state index contributed by atoms with van der Waals surface area (Å²) in [6.45, 7) is 2.66. The highest BCUT2D eigenvalue weighted by Crippen LogP contribution is 2.29. The van der Waals surface area contributed by atoms with Gasteiger partial charge >= 0.3 is 0 Å². The number of nitrogens with zero attached hydrogens (tertiary/aromatic N) is 1. The van der Waals surface area contributed by atoms with Gasteiger partial charge in [-0.1, -0.05) is 48.0 Å². The molecular weight excluding hydrogens is 430 g/mol. The third-order valence-electron chi connectivity index (χ3n) is 5.86. The Morgan fingerprint density at radius 1 is 1.03 bits per heavy atom. The van der Waals surface area contributed by atoms with Gasteiger partial charge in [-0.2, -0.15) is 0 Å². The Morgan fingerprint density at radius 3 is 2.56 bits per heavy atom. The number of carbonyl (C=O) groups excluding carboxylic acids is 3. The van der Waals surface area contributed by atoms with Crippen molar-refractivity contribution in [3.05, 3.63) is 89.5 Å². The number of hydrogen-bond donors (Lipinski definition) is 2. The third kappa shape index (κ3) is 5.26. The molecule has 3 aromatic carbocycles. The molecule has 7 nitrogen and oxygen atoms in total. The van der Waals surface area contributed by atoms with Crippen LogP contribution in [0.4, 0.5) is 11.4 Å². The Hall–Kier alpha value is -4.13. The van der Waals surface area contributed by atoms with Crippen molar-refractivity contribution < 1.29 is 19.1 Å². The van der Waals surface area contributed by atoms with Crippen molar-refractivity contribution in [2.75, 3.05) is 23.9 Å². The van der Waals surface area contributed by atoms with Gasteiger partial charge in [0.15, 0.2) is 0 Å². The molecule has 1 saturated heterocycles. The SMILES string of the molecule is COc1cccc(N2CC(C(=O)Nc3ccccc3C(=O)NCc3ccc(C)cc3)CC2=O)c1. The van der Waals surface area contributed by atoms with Crippen LogP contribution in [-0.2, 0) is 16.1 Å². The second-order valence-corrected chi connectivity index (χ2v) is 8.31. The average Bonchev–Trinajstić information content (AvgIpc) is 3.25. The van der Waals surface area contributed by atoms with E-state index in [2.05, 4.69) is 10.6 Å². The molecule has 2 N–H and O–H groups in total. The lowest BCUT2D eigenvalue weighted by Gasteiger charge is -2.18. The van der Waals surface area contributed by atoms with Crippen molar-refractivity contribution in [2.24, 2.45) is 5.92 Å². The van der Waals surface area contributed by atoms with Crippen LogP contribution in [0.25, 0.3) is 0 Å². The molecule has 1 fully saturated rings. The highest BCUT2D eigenvalue weighted by atomic mass is 16.5. The zero-order chi connectivity index (χ0) is 24.1. The van der Waals surface area contributed by atoms with Crippen LogP contribution in [0.3, 0.4) is 0 Å². The molecule has 4 rings (SSSR count). The number of aryl methyl sites for hydroxylation is 1. The van der Waals surface area contributed by atoms with Crippen molar-refractivity contribution in [3.63, 3.8) is 0 Å². The van der Waals surface area contributed by atoms with Gasteiger partial charge in [0.05, 0.1) is 24.3 Å². The van der Waals surface area contributed by atoms with Crippen molar-refractivity contribution in [3.8, 4) is 5.75 Å². The van der Waals surface area contributed by atoms with E-state index in [1.54, 1.807) is 54.5 Å². The number of amides is 3. The molecular formula is C27H27N3O4. The molecule has 1 unspecified atom stereocenters. The minimum absolute atomic E-state index is 0.102. The van der Waals surface area contributed by atoms with Crippen LogP contribution in [0.1, 0.15) is 27.9 Å². The molecule has 7 heteroatoms. The number of methoxy groups -OCH3 is 1. The molecule has 34 heavy (non-hydrogen) atoms. The Labute approximate surface area is 198 Å². The van der Waals surface area contributed by atoms with Gasteiger partial charge in [-0.15, -0.1) is 0 Å². The van der Waals surface area contributed by atoms with E-state index in [0.717, 1.165) is 11.1 Å². The number of rotatable bonds is 7. The van der Waals surface area contributed by atoms with Crippen LogP contribution in [0.2, 0.25) is 0 Å². The number of anilines is 2. The van der Waals surface area contributed by atoms with Gasteiger partial charge in [0.1, 0.15) is 5.75 Å². The Kier molecular flexibility index (Phi) is 6.92. The van der Waals surface area contributed by atoms with Gasteiger partial charge in [-0.05, 0) is 36.8 Å². The first-order valence-corrected chi connectivity index (χ1v) is 11.1. The first kappa shape index (κ1) is 23.0. The summed E-state index contributed by atoms with van der Waals surface area (Å²) < 4.78 is 5.24. The molecule has 0 spiro atoms. The fourth-order valence-corrected chi connectivity index (χ4v) is 3.92. The highest BCUT2D eigenvalue weighted by molar-refractivity contribution is 6.07. The molecule has 0 aromatic heterocycles. The topological polar surface area (TPSA) is 87.7 Å². The molecule has 0 bridgehead atoms. The number of para-hydroxylation sites is 1. The molecule has 3 amide bonds. The van der Waals surface area contributed by atoms with Gasteiger partial charge in [0.25, 0.3) is 5.91 Å². The lowest BCUT2D eigenvalue weighted by molar-refractivity contribution is -0.122. The standard InChI is InChI=1S/C27H27N3O4/c1-18-10-12-19(13-11-18)16-28-27(33)23-8-3-4-9-24(23)29-26(32)20-14-25(31)30(17-20)21-6-5-7-22(15-21)34-2/h3-13,15,20H,14,16-17H2,1-2H3,(H,28,33)(H,29,32). The Bertz CT molecular complexity index is 1210. The lowest BCUT2D eigenvalue weighted by Crippen LogP contribution is -2.29. The van der Waals surface area contributed by atoms with E-state index in [-0.39, 0.29) is 30.7 Å². The van der Waals surface area contributed by atoms with E-state index in [1.165, 1.54) is 0 Å². The quantitative estimate of drug-likeness (QED) is 0.563. The van der Waals surface area contributed by atoms with E-state index >= 15 is 0 Å². The predicted molar refractivity (Wildman–Crippen MR) is 131 cm³/mol. The minimum Gasteiger partial charge on any atom is -0.497 e. The van der Waals surface area contributed by atoms with E-state index in [4.69, 9.17) is 4.74 Å². The predicted octanol–water partition coefficient (Wildman–Crippen LogP) is 3.93. The van der Waals surface area contributed by atoms with Crippen LogP contribution >= 0.6 is 0 Å². The van der Waals surface area contributed by atoms with Crippen molar-refractivity contribution >= 4 is 29.1 Å². The zero-order valence-electron chi connectivity index (χ0n) is 19.2. The maximum atomic E-state index is 13.0. The van der Waals surface area contributed by atoms with Crippen molar-refractivity contribution in [1.82, 2.24) is 5.32 Å². The molecule has 1 atom stereocenters. The van der Waals surface area contributed by atoms with Crippen molar-refractivity contribution in [1.29, 1.82) is 0 Å². The largest absolute Gasteiger partial charge is 0.497 e. The molecule has 0 radical (unpaired) electrons. The zero-order valence-corrected chi connectivity index (χ0v) is 19.2. The average molecular weight is 458 g/mol. The minimum atomic E-state index is -0.526. The van der Waals surface area contributed by atoms with Gasteiger partial charge in [0, 0.05) is 31.3 Å². The summed E-state index contributed by atoms with van der Waals surface area (Å²) in [6, 6.07) is 22.0. The van der Waals surface area contributed by atoms with Crippen LogP contribution in [-0.4, -0.2) is 31.4 Å². The number of ether oxygens (including phenoxy) is 1. The summed E-state index contributed by atoms with van der Waals surface area (Å²) in [5.41, 5.74) is 3.62. The normalized spacial score (nSPS) is 15.2. The van der Waals surface area contributed by atoms with Crippen LogP contribution < -0.4 is 20.3 Å². The van der Waals surface area contributed by atoms with Gasteiger partial charge in [-0.25, -0.2) is 0 Å². The fraction of sp³-hybridized carbons (Fsp3) is 0.222. The summed E-state index contributed by atoms with van der Waals surface area (Å²) in [5, 5.41) is 5.75. The van der Waals surface area contributed by atoms with E-state index < -0.39 is 5.92 Å².